The molecule has 25 heavy (non-hydrogen) atoms. The lowest BCUT2D eigenvalue weighted by atomic mass is 9.82. The summed E-state index contributed by atoms with van der Waals surface area (Å²) in [6.45, 7) is 8.70. The molecule has 4 nitrogen and oxygen atoms in total. The zero-order valence-corrected chi connectivity index (χ0v) is 16.7. The summed E-state index contributed by atoms with van der Waals surface area (Å²) >= 11 is 6.47. The molecule has 1 aromatic rings. The summed E-state index contributed by atoms with van der Waals surface area (Å²) in [5.41, 5.74) is 8.23. The number of thiocarbonyl (C=S) groups is 1. The summed E-state index contributed by atoms with van der Waals surface area (Å²) < 4.78 is 0. The molecule has 2 aliphatic rings. The Morgan fingerprint density at radius 2 is 1.40 bits per heavy atom. The fourth-order valence-electron chi connectivity index (χ4n) is 4.05. The van der Waals surface area contributed by atoms with E-state index in [0.29, 0.717) is 10.8 Å². The van der Waals surface area contributed by atoms with Crippen molar-refractivity contribution < 1.29 is 4.79 Å². The number of amides is 1. The van der Waals surface area contributed by atoms with Crippen LogP contribution in [-0.4, -0.2) is 16.1 Å². The monoisotopic (exact) mass is 373 g/mol. The third kappa shape index (κ3) is 2.72. The summed E-state index contributed by atoms with van der Waals surface area (Å²) in [6, 6.07) is 0. The van der Waals surface area contributed by atoms with Crippen LogP contribution in [0.4, 0.5) is 4.79 Å². The fourth-order valence-corrected chi connectivity index (χ4v) is 5.17. The number of carbonyl (C=O) groups excluding carboxylic acids is 1. The van der Waals surface area contributed by atoms with Gasteiger partial charge in [-0.1, -0.05) is 39.9 Å². The smallest absolute Gasteiger partial charge is 0.289 e. The zero-order valence-electron chi connectivity index (χ0n) is 15.1. The number of amidine groups is 1. The van der Waals surface area contributed by atoms with Gasteiger partial charge in [0.1, 0.15) is 10.8 Å². The fraction of sp³-hybridized carbons (Fsp3) is 0.421. The van der Waals surface area contributed by atoms with Crippen molar-refractivity contribution in [1.82, 2.24) is 10.6 Å². The molecular weight excluding hydrogens is 350 g/mol. The van der Waals surface area contributed by atoms with Gasteiger partial charge in [-0.2, -0.15) is 0 Å². The van der Waals surface area contributed by atoms with Crippen LogP contribution in [0.5, 0.6) is 0 Å². The summed E-state index contributed by atoms with van der Waals surface area (Å²) in [4.78, 5) is 13.0. The highest BCUT2D eigenvalue weighted by Crippen LogP contribution is 2.41. The van der Waals surface area contributed by atoms with Crippen molar-refractivity contribution in [3.05, 3.63) is 38.3 Å². The Hall–Kier alpha value is -1.66. The van der Waals surface area contributed by atoms with Gasteiger partial charge in [-0.3, -0.25) is 10.2 Å². The van der Waals surface area contributed by atoms with Crippen LogP contribution in [0.2, 0.25) is 0 Å². The van der Waals surface area contributed by atoms with Gasteiger partial charge >= 0.3 is 0 Å². The van der Waals surface area contributed by atoms with Crippen molar-refractivity contribution >= 4 is 45.7 Å². The van der Waals surface area contributed by atoms with E-state index in [-0.39, 0.29) is 5.24 Å². The molecule has 0 unspecified atom stereocenters. The van der Waals surface area contributed by atoms with Gasteiger partial charge in [0, 0.05) is 11.1 Å². The molecule has 0 bridgehead atoms. The molecule has 0 saturated carbocycles. The van der Waals surface area contributed by atoms with E-state index in [0.717, 1.165) is 59.2 Å². The SMILES string of the molecule is CCc1c(CC)c(CC)c2c(c1CC)C(=N)NC2=C1SC(=O)NC1=S. The standard InChI is InChI=1S/C19H23N3OS2/c1-5-9-10(6-2)12(8-4)14-13(11(9)7-3)15(21-17(14)20)16-18(24)22-19(23)25-16/h5-8H2,1-4H3,(H2,20,21)(H,22,23,24). The second-order valence-electron chi connectivity index (χ2n) is 6.13. The van der Waals surface area contributed by atoms with E-state index in [9.17, 15) is 4.79 Å². The number of benzene rings is 1. The largest absolute Gasteiger partial charge is 0.339 e. The number of hydrogen-bond donors (Lipinski definition) is 3. The summed E-state index contributed by atoms with van der Waals surface area (Å²) in [7, 11) is 0. The number of rotatable bonds is 4. The topological polar surface area (TPSA) is 65.0 Å². The number of thioether (sulfide) groups is 1. The minimum Gasteiger partial charge on any atom is -0.339 e. The van der Waals surface area contributed by atoms with E-state index in [1.807, 2.05) is 0 Å². The van der Waals surface area contributed by atoms with Crippen molar-refractivity contribution in [3.8, 4) is 0 Å². The van der Waals surface area contributed by atoms with Crippen LogP contribution in [0.1, 0.15) is 61.1 Å². The average molecular weight is 374 g/mol. The molecule has 1 aromatic carbocycles. The third-order valence-electron chi connectivity index (χ3n) is 4.95. The Balaban J connectivity index is 2.41. The Morgan fingerprint density at radius 1 is 0.880 bits per heavy atom. The van der Waals surface area contributed by atoms with Gasteiger partial charge < -0.3 is 10.6 Å². The Labute approximate surface area is 158 Å². The van der Waals surface area contributed by atoms with Crippen LogP contribution in [0.15, 0.2) is 4.91 Å². The van der Waals surface area contributed by atoms with Gasteiger partial charge in [-0.15, -0.1) is 0 Å². The summed E-state index contributed by atoms with van der Waals surface area (Å²) in [6.07, 6.45) is 3.73. The molecule has 2 aliphatic heterocycles. The van der Waals surface area contributed by atoms with Gasteiger partial charge in [-0.25, -0.2) is 0 Å². The first-order chi connectivity index (χ1) is 12.0. The lowest BCUT2D eigenvalue weighted by molar-refractivity contribution is 0.265. The average Bonchev–Trinajstić information content (AvgIpc) is 3.11. The highest BCUT2D eigenvalue weighted by Gasteiger charge is 2.35. The van der Waals surface area contributed by atoms with Gasteiger partial charge in [0.05, 0.1) is 10.6 Å². The molecular formula is C19H23N3OS2. The van der Waals surface area contributed by atoms with Crippen LogP contribution in [0, 0.1) is 5.41 Å². The number of carbonyl (C=O) groups is 1. The van der Waals surface area contributed by atoms with Gasteiger partial charge in [0.2, 0.25) is 0 Å². The molecule has 2 heterocycles. The summed E-state index contributed by atoms with van der Waals surface area (Å²) in [5.74, 6) is 0.421. The molecule has 1 amide bonds. The van der Waals surface area contributed by atoms with E-state index in [1.54, 1.807) is 0 Å². The van der Waals surface area contributed by atoms with Crippen LogP contribution >= 0.6 is 24.0 Å². The predicted molar refractivity (Wildman–Crippen MR) is 110 cm³/mol. The number of fused-ring (bicyclic) bond motifs is 1. The molecule has 6 heteroatoms. The normalized spacial score (nSPS) is 19.3. The lowest BCUT2D eigenvalue weighted by Gasteiger charge is -2.21. The highest BCUT2D eigenvalue weighted by molar-refractivity contribution is 8.19. The molecule has 1 fully saturated rings. The van der Waals surface area contributed by atoms with Crippen molar-refractivity contribution in [2.24, 2.45) is 0 Å². The van der Waals surface area contributed by atoms with E-state index < -0.39 is 0 Å². The van der Waals surface area contributed by atoms with E-state index >= 15 is 0 Å². The minimum atomic E-state index is -0.149. The van der Waals surface area contributed by atoms with E-state index in [2.05, 4.69) is 38.3 Å². The second kappa shape index (κ2) is 6.92. The first-order valence-electron chi connectivity index (χ1n) is 8.81. The zero-order chi connectivity index (χ0) is 18.3. The molecule has 3 rings (SSSR count). The summed E-state index contributed by atoms with van der Waals surface area (Å²) in [5, 5.41) is 14.3. The van der Waals surface area contributed by atoms with Crippen molar-refractivity contribution in [3.63, 3.8) is 0 Å². The minimum absolute atomic E-state index is 0.149. The maximum Gasteiger partial charge on any atom is 0.289 e. The first-order valence-corrected chi connectivity index (χ1v) is 10.0. The van der Waals surface area contributed by atoms with Crippen LogP contribution in [-0.2, 0) is 25.7 Å². The highest BCUT2D eigenvalue weighted by atomic mass is 32.2. The first kappa shape index (κ1) is 18.1. The lowest BCUT2D eigenvalue weighted by Crippen LogP contribution is -2.19. The van der Waals surface area contributed by atoms with Crippen LogP contribution in [0.25, 0.3) is 5.70 Å². The van der Waals surface area contributed by atoms with Gasteiger partial charge in [0.15, 0.2) is 0 Å². The Morgan fingerprint density at radius 3 is 1.84 bits per heavy atom. The van der Waals surface area contributed by atoms with Gasteiger partial charge in [0.25, 0.3) is 5.24 Å². The quantitative estimate of drug-likeness (QED) is 0.543. The van der Waals surface area contributed by atoms with Crippen molar-refractivity contribution in [1.29, 1.82) is 5.41 Å². The molecule has 0 spiro atoms. The Bertz CT molecular complexity index is 840. The maximum atomic E-state index is 11.8. The molecule has 0 radical (unpaired) electrons. The van der Waals surface area contributed by atoms with Crippen molar-refractivity contribution in [2.75, 3.05) is 0 Å². The molecule has 3 N–H and O–H groups in total. The van der Waals surface area contributed by atoms with E-state index in [4.69, 9.17) is 17.6 Å². The molecule has 0 aliphatic carbocycles. The number of nitrogens with one attached hydrogen (secondary N) is 3. The van der Waals surface area contributed by atoms with Gasteiger partial charge in [-0.05, 0) is 59.7 Å². The molecule has 0 atom stereocenters. The second-order valence-corrected chi connectivity index (χ2v) is 7.52. The molecule has 0 aromatic heterocycles. The van der Waals surface area contributed by atoms with Crippen molar-refractivity contribution in [2.45, 2.75) is 53.4 Å². The maximum absolute atomic E-state index is 11.8. The van der Waals surface area contributed by atoms with Crippen LogP contribution < -0.4 is 10.6 Å². The predicted octanol–water partition coefficient (Wildman–Crippen LogP) is 4.32. The third-order valence-corrected chi connectivity index (χ3v) is 6.29. The Kier molecular flexibility index (Phi) is 5.02. The molecule has 1 saturated heterocycles. The van der Waals surface area contributed by atoms with Crippen LogP contribution in [0.3, 0.4) is 0 Å². The number of hydrogen-bond acceptors (Lipinski definition) is 4. The molecule has 132 valence electrons. The van der Waals surface area contributed by atoms with E-state index in [1.165, 1.54) is 22.3 Å².